The van der Waals surface area contributed by atoms with Crippen LogP contribution in [0.1, 0.15) is 29.9 Å². The average molecular weight is 316 g/mol. The van der Waals surface area contributed by atoms with Crippen molar-refractivity contribution >= 4 is 11.6 Å². The summed E-state index contributed by atoms with van der Waals surface area (Å²) in [6.45, 7) is 2.25. The molecule has 3 nitrogen and oxygen atoms in total. The Morgan fingerprint density at radius 1 is 1.14 bits per heavy atom. The van der Waals surface area contributed by atoms with Crippen molar-refractivity contribution in [2.75, 3.05) is 0 Å². The summed E-state index contributed by atoms with van der Waals surface area (Å²) in [6.07, 6.45) is -1.98. The number of hydrogen-bond acceptors (Lipinski definition) is 3. The van der Waals surface area contributed by atoms with Crippen LogP contribution in [0.15, 0.2) is 36.7 Å². The van der Waals surface area contributed by atoms with Gasteiger partial charge in [0.1, 0.15) is 0 Å². The van der Waals surface area contributed by atoms with Gasteiger partial charge in [0.05, 0.1) is 22.0 Å². The quantitative estimate of drug-likeness (QED) is 0.926. The number of pyridine rings is 2. The number of nitrogens with zero attached hydrogens (tertiary/aromatic N) is 2. The van der Waals surface area contributed by atoms with Crippen LogP contribution in [0, 0.1) is 0 Å². The van der Waals surface area contributed by atoms with E-state index in [1.165, 1.54) is 6.07 Å². The molecular weight excluding hydrogens is 303 g/mol. The van der Waals surface area contributed by atoms with E-state index in [1.54, 1.807) is 18.3 Å². The Bertz CT molecular complexity index is 582. The van der Waals surface area contributed by atoms with Crippen LogP contribution in [0.4, 0.5) is 13.2 Å². The Kier molecular flexibility index (Phi) is 4.80. The molecule has 1 unspecified atom stereocenters. The van der Waals surface area contributed by atoms with E-state index < -0.39 is 11.7 Å². The van der Waals surface area contributed by atoms with Gasteiger partial charge in [0.2, 0.25) is 0 Å². The lowest BCUT2D eigenvalue weighted by Gasteiger charge is -2.13. The van der Waals surface area contributed by atoms with Crippen molar-refractivity contribution in [1.82, 2.24) is 15.3 Å². The van der Waals surface area contributed by atoms with E-state index in [0.717, 1.165) is 18.0 Å². The van der Waals surface area contributed by atoms with E-state index in [0.29, 0.717) is 17.3 Å². The molecule has 2 aromatic heterocycles. The topological polar surface area (TPSA) is 37.8 Å². The average Bonchev–Trinajstić information content (AvgIpc) is 2.45. The lowest BCUT2D eigenvalue weighted by atomic mass is 10.2. The van der Waals surface area contributed by atoms with Crippen LogP contribution in [0.5, 0.6) is 0 Å². The third-order valence-corrected chi connectivity index (χ3v) is 3.16. The molecule has 0 radical (unpaired) electrons. The third-order valence-electron chi connectivity index (χ3n) is 2.94. The van der Waals surface area contributed by atoms with Crippen molar-refractivity contribution < 1.29 is 13.2 Å². The van der Waals surface area contributed by atoms with Crippen molar-refractivity contribution in [3.63, 3.8) is 0 Å². The fourth-order valence-electron chi connectivity index (χ4n) is 1.70. The number of alkyl halides is 3. The van der Waals surface area contributed by atoms with Gasteiger partial charge in [-0.25, -0.2) is 0 Å². The second-order valence-electron chi connectivity index (χ2n) is 4.54. The maximum absolute atomic E-state index is 12.4. The van der Waals surface area contributed by atoms with Crippen molar-refractivity contribution in [3.8, 4) is 0 Å². The summed E-state index contributed by atoms with van der Waals surface area (Å²) in [5, 5.41) is 3.69. The Balaban J connectivity index is 1.95. The summed E-state index contributed by atoms with van der Waals surface area (Å²) in [7, 11) is 0. The van der Waals surface area contributed by atoms with Gasteiger partial charge in [-0.2, -0.15) is 13.2 Å². The highest BCUT2D eigenvalue weighted by atomic mass is 35.5. The molecule has 0 bridgehead atoms. The first-order chi connectivity index (χ1) is 9.86. The van der Waals surface area contributed by atoms with Gasteiger partial charge in [-0.05, 0) is 31.2 Å². The molecule has 0 aliphatic carbocycles. The van der Waals surface area contributed by atoms with Crippen LogP contribution in [-0.4, -0.2) is 9.97 Å². The summed E-state index contributed by atoms with van der Waals surface area (Å²) in [5.41, 5.74) is 0.578. The number of halogens is 4. The lowest BCUT2D eigenvalue weighted by Crippen LogP contribution is -2.19. The molecule has 0 saturated heterocycles. The first kappa shape index (κ1) is 15.7. The van der Waals surface area contributed by atoms with Crippen LogP contribution in [-0.2, 0) is 12.7 Å². The SMILES string of the molecule is CC(NCc1ccc(C(F)(F)F)cn1)c1ccc(Cl)cn1. The normalized spacial score (nSPS) is 13.2. The summed E-state index contributed by atoms with van der Waals surface area (Å²) >= 11 is 5.76. The van der Waals surface area contributed by atoms with Gasteiger partial charge in [-0.15, -0.1) is 0 Å². The minimum absolute atomic E-state index is 0.0636. The molecular formula is C14H13ClF3N3. The lowest BCUT2D eigenvalue weighted by molar-refractivity contribution is -0.137. The van der Waals surface area contributed by atoms with Crippen LogP contribution in [0.3, 0.4) is 0 Å². The second-order valence-corrected chi connectivity index (χ2v) is 4.98. The largest absolute Gasteiger partial charge is 0.417 e. The van der Waals surface area contributed by atoms with Gasteiger partial charge >= 0.3 is 6.18 Å². The van der Waals surface area contributed by atoms with Gasteiger partial charge in [-0.1, -0.05) is 11.6 Å². The van der Waals surface area contributed by atoms with Gasteiger partial charge in [-0.3, -0.25) is 9.97 Å². The molecule has 2 aromatic rings. The molecule has 2 rings (SSSR count). The molecule has 112 valence electrons. The molecule has 0 amide bonds. The first-order valence-corrected chi connectivity index (χ1v) is 6.61. The summed E-state index contributed by atoms with van der Waals surface area (Å²) in [4.78, 5) is 7.97. The fourth-order valence-corrected chi connectivity index (χ4v) is 1.81. The predicted molar refractivity (Wildman–Crippen MR) is 73.7 cm³/mol. The summed E-state index contributed by atoms with van der Waals surface area (Å²) in [6, 6.07) is 5.84. The van der Waals surface area contributed by atoms with E-state index >= 15 is 0 Å². The van der Waals surface area contributed by atoms with E-state index in [4.69, 9.17) is 11.6 Å². The van der Waals surface area contributed by atoms with Crippen molar-refractivity contribution in [1.29, 1.82) is 0 Å². The number of aromatic nitrogens is 2. The van der Waals surface area contributed by atoms with Crippen LogP contribution in [0.2, 0.25) is 5.02 Å². The highest BCUT2D eigenvalue weighted by molar-refractivity contribution is 6.30. The molecule has 0 spiro atoms. The molecule has 0 saturated carbocycles. The highest BCUT2D eigenvalue weighted by Gasteiger charge is 2.30. The van der Waals surface area contributed by atoms with E-state index in [2.05, 4.69) is 15.3 Å². The smallest absolute Gasteiger partial charge is 0.303 e. The Labute approximate surface area is 125 Å². The van der Waals surface area contributed by atoms with Crippen molar-refractivity contribution in [3.05, 3.63) is 58.6 Å². The highest BCUT2D eigenvalue weighted by Crippen LogP contribution is 2.28. The maximum Gasteiger partial charge on any atom is 0.417 e. The van der Waals surface area contributed by atoms with Gasteiger partial charge in [0, 0.05) is 25.0 Å². The van der Waals surface area contributed by atoms with E-state index in [1.807, 2.05) is 6.92 Å². The molecule has 7 heteroatoms. The molecule has 1 N–H and O–H groups in total. The summed E-state index contributed by atoms with van der Waals surface area (Å²) < 4.78 is 37.2. The van der Waals surface area contributed by atoms with E-state index in [9.17, 15) is 13.2 Å². The number of nitrogens with one attached hydrogen (secondary N) is 1. The Hall–Kier alpha value is -1.66. The summed E-state index contributed by atoms with van der Waals surface area (Å²) in [5.74, 6) is 0. The van der Waals surface area contributed by atoms with Gasteiger partial charge in [0.25, 0.3) is 0 Å². The Morgan fingerprint density at radius 2 is 1.90 bits per heavy atom. The first-order valence-electron chi connectivity index (χ1n) is 6.23. The van der Waals surface area contributed by atoms with Crippen LogP contribution >= 0.6 is 11.6 Å². The fraction of sp³-hybridized carbons (Fsp3) is 0.286. The molecule has 0 aliphatic rings. The maximum atomic E-state index is 12.4. The van der Waals surface area contributed by atoms with Gasteiger partial charge in [0.15, 0.2) is 0 Å². The molecule has 0 aliphatic heterocycles. The van der Waals surface area contributed by atoms with Crippen LogP contribution < -0.4 is 5.32 Å². The minimum atomic E-state index is -4.36. The number of hydrogen-bond donors (Lipinski definition) is 1. The zero-order valence-electron chi connectivity index (χ0n) is 11.2. The molecule has 0 fully saturated rings. The monoisotopic (exact) mass is 315 g/mol. The molecule has 21 heavy (non-hydrogen) atoms. The zero-order chi connectivity index (χ0) is 15.5. The minimum Gasteiger partial charge on any atom is -0.303 e. The van der Waals surface area contributed by atoms with E-state index in [-0.39, 0.29) is 6.04 Å². The van der Waals surface area contributed by atoms with Crippen LogP contribution in [0.25, 0.3) is 0 Å². The number of rotatable bonds is 4. The molecule has 2 heterocycles. The molecule has 0 aromatic carbocycles. The zero-order valence-corrected chi connectivity index (χ0v) is 11.9. The third kappa shape index (κ3) is 4.41. The molecule has 1 atom stereocenters. The Morgan fingerprint density at radius 3 is 2.43 bits per heavy atom. The predicted octanol–water partition coefficient (Wildman–Crippen LogP) is 4.00. The van der Waals surface area contributed by atoms with Gasteiger partial charge < -0.3 is 5.32 Å². The van der Waals surface area contributed by atoms with Crippen molar-refractivity contribution in [2.45, 2.75) is 25.7 Å². The van der Waals surface area contributed by atoms with Crippen molar-refractivity contribution in [2.24, 2.45) is 0 Å². The standard InChI is InChI=1S/C14H13ClF3N3/c1-9(13-5-3-11(15)7-21-13)19-8-12-4-2-10(6-20-12)14(16,17)18/h2-7,9,19H,8H2,1H3. The second kappa shape index (κ2) is 6.41.